The van der Waals surface area contributed by atoms with E-state index in [4.69, 9.17) is 10.1 Å². The molecule has 8 nitrogen and oxygen atoms in total. The Balaban J connectivity index is 1.66. The van der Waals surface area contributed by atoms with Crippen molar-refractivity contribution in [2.75, 3.05) is 30.3 Å². The van der Waals surface area contributed by atoms with Gasteiger partial charge in [-0.15, -0.1) is 0 Å². The number of carbonyl (C=O) groups excluding carboxylic acids is 2. The van der Waals surface area contributed by atoms with E-state index < -0.39 is 6.61 Å². The number of hydrogen-bond acceptors (Lipinski definition) is 7. The minimum atomic E-state index is -0.460. The Morgan fingerprint density at radius 3 is 2.83 bits per heavy atom. The SMILES string of the molecule is C=CC(=O)C[C@@H]1CCCC[C@H]1Nc1nc(N[C@H]2CCCN(C(=O)CO)C2)ncc1C. The van der Waals surface area contributed by atoms with Crippen LogP contribution in [0.2, 0.25) is 0 Å². The van der Waals surface area contributed by atoms with E-state index in [9.17, 15) is 9.59 Å². The number of aryl methyl sites for hydroxylation is 1. The van der Waals surface area contributed by atoms with E-state index in [-0.39, 0.29) is 29.7 Å². The molecule has 0 bridgehead atoms. The molecule has 1 aromatic rings. The zero-order valence-electron chi connectivity index (χ0n) is 17.8. The molecule has 3 atom stereocenters. The molecule has 0 spiro atoms. The predicted octanol–water partition coefficient (Wildman–Crippen LogP) is 2.30. The van der Waals surface area contributed by atoms with Gasteiger partial charge in [-0.3, -0.25) is 9.59 Å². The molecule has 0 aromatic carbocycles. The van der Waals surface area contributed by atoms with Crippen LogP contribution in [-0.2, 0) is 9.59 Å². The van der Waals surface area contributed by atoms with Gasteiger partial charge in [-0.25, -0.2) is 4.98 Å². The molecular weight excluding hydrogens is 382 g/mol. The van der Waals surface area contributed by atoms with Crippen molar-refractivity contribution in [2.24, 2.45) is 5.92 Å². The highest BCUT2D eigenvalue weighted by atomic mass is 16.3. The molecule has 8 heteroatoms. The van der Waals surface area contributed by atoms with Crippen LogP contribution < -0.4 is 10.6 Å². The molecule has 2 heterocycles. The van der Waals surface area contributed by atoms with E-state index in [1.165, 1.54) is 6.08 Å². The summed E-state index contributed by atoms with van der Waals surface area (Å²) in [5.41, 5.74) is 0.959. The summed E-state index contributed by atoms with van der Waals surface area (Å²) >= 11 is 0. The summed E-state index contributed by atoms with van der Waals surface area (Å²) in [4.78, 5) is 34.5. The first-order valence-electron chi connectivity index (χ1n) is 10.9. The summed E-state index contributed by atoms with van der Waals surface area (Å²) in [6.07, 6.45) is 9.86. The average molecular weight is 416 g/mol. The van der Waals surface area contributed by atoms with Crippen molar-refractivity contribution >= 4 is 23.5 Å². The van der Waals surface area contributed by atoms with Crippen LogP contribution in [0, 0.1) is 12.8 Å². The van der Waals surface area contributed by atoms with Crippen molar-refractivity contribution in [3.8, 4) is 0 Å². The van der Waals surface area contributed by atoms with Crippen molar-refractivity contribution in [2.45, 2.75) is 64.0 Å². The first kappa shape index (κ1) is 22.2. The Hall–Kier alpha value is -2.48. The van der Waals surface area contributed by atoms with E-state index in [0.29, 0.717) is 25.5 Å². The van der Waals surface area contributed by atoms with E-state index in [2.05, 4.69) is 22.2 Å². The highest BCUT2D eigenvalue weighted by Gasteiger charge is 2.28. The van der Waals surface area contributed by atoms with Gasteiger partial charge in [-0.1, -0.05) is 19.4 Å². The van der Waals surface area contributed by atoms with E-state index in [1.807, 2.05) is 6.92 Å². The zero-order chi connectivity index (χ0) is 21.5. The summed E-state index contributed by atoms with van der Waals surface area (Å²) in [5, 5.41) is 16.0. The molecule has 1 aromatic heterocycles. The second-order valence-electron chi connectivity index (χ2n) is 8.38. The Labute approximate surface area is 178 Å². The molecule has 1 aliphatic carbocycles. The van der Waals surface area contributed by atoms with Gasteiger partial charge in [0.25, 0.3) is 0 Å². The quantitative estimate of drug-likeness (QED) is 0.559. The molecule has 1 amide bonds. The maximum Gasteiger partial charge on any atom is 0.248 e. The number of nitrogens with zero attached hydrogens (tertiary/aromatic N) is 3. The predicted molar refractivity (Wildman–Crippen MR) is 116 cm³/mol. The summed E-state index contributed by atoms with van der Waals surface area (Å²) in [5.74, 6) is 1.45. The molecule has 2 fully saturated rings. The molecule has 3 rings (SSSR count). The maximum absolute atomic E-state index is 11.9. The van der Waals surface area contributed by atoms with Gasteiger partial charge in [0.15, 0.2) is 5.78 Å². The fraction of sp³-hybridized carbons (Fsp3) is 0.636. The third-order valence-corrected chi connectivity index (χ3v) is 6.14. The molecular formula is C22H33N5O3. The lowest BCUT2D eigenvalue weighted by Crippen LogP contribution is -2.46. The number of aliphatic hydroxyl groups is 1. The number of piperidine rings is 1. The van der Waals surface area contributed by atoms with Crippen molar-refractivity contribution in [3.05, 3.63) is 24.4 Å². The molecule has 1 saturated heterocycles. The molecule has 1 saturated carbocycles. The Bertz CT molecular complexity index is 769. The number of aliphatic hydroxyl groups excluding tert-OH is 1. The second-order valence-corrected chi connectivity index (χ2v) is 8.38. The number of likely N-dealkylation sites (tertiary alicyclic amines) is 1. The van der Waals surface area contributed by atoms with Crippen LogP contribution in [0.3, 0.4) is 0 Å². The Morgan fingerprint density at radius 2 is 2.07 bits per heavy atom. The largest absolute Gasteiger partial charge is 0.387 e. The lowest BCUT2D eigenvalue weighted by atomic mass is 9.81. The first-order valence-corrected chi connectivity index (χ1v) is 10.9. The van der Waals surface area contributed by atoms with E-state index >= 15 is 0 Å². The fourth-order valence-corrected chi connectivity index (χ4v) is 4.42. The summed E-state index contributed by atoms with van der Waals surface area (Å²) < 4.78 is 0. The van der Waals surface area contributed by atoms with Crippen LogP contribution in [0.1, 0.15) is 50.5 Å². The second kappa shape index (κ2) is 10.5. The van der Waals surface area contributed by atoms with E-state index in [1.54, 1.807) is 11.1 Å². The number of rotatable bonds is 8. The molecule has 0 unspecified atom stereocenters. The smallest absolute Gasteiger partial charge is 0.248 e. The maximum atomic E-state index is 11.9. The third kappa shape index (κ3) is 5.78. The normalized spacial score (nSPS) is 24.2. The number of ketones is 1. The lowest BCUT2D eigenvalue weighted by Gasteiger charge is -2.33. The van der Waals surface area contributed by atoms with Gasteiger partial charge in [0, 0.05) is 43.4 Å². The Morgan fingerprint density at radius 1 is 1.27 bits per heavy atom. The van der Waals surface area contributed by atoms with Crippen LogP contribution >= 0.6 is 0 Å². The molecule has 3 N–H and O–H groups in total. The summed E-state index contributed by atoms with van der Waals surface area (Å²) in [6, 6.07) is 0.258. The number of amides is 1. The minimum Gasteiger partial charge on any atom is -0.387 e. The number of hydrogen-bond donors (Lipinski definition) is 3. The summed E-state index contributed by atoms with van der Waals surface area (Å²) in [7, 11) is 0. The first-order chi connectivity index (χ1) is 14.5. The van der Waals surface area contributed by atoms with Gasteiger partial charge in [0.1, 0.15) is 12.4 Å². The van der Waals surface area contributed by atoms with Gasteiger partial charge >= 0.3 is 0 Å². The van der Waals surface area contributed by atoms with Crippen LogP contribution in [0.25, 0.3) is 0 Å². The highest BCUT2D eigenvalue weighted by molar-refractivity contribution is 5.89. The van der Waals surface area contributed by atoms with Crippen LogP contribution in [0.4, 0.5) is 11.8 Å². The van der Waals surface area contributed by atoms with E-state index in [0.717, 1.165) is 49.9 Å². The molecule has 164 valence electrons. The van der Waals surface area contributed by atoms with Crippen molar-refractivity contribution in [3.63, 3.8) is 0 Å². The topological polar surface area (TPSA) is 107 Å². The molecule has 30 heavy (non-hydrogen) atoms. The van der Waals surface area contributed by atoms with Gasteiger partial charge in [-0.2, -0.15) is 4.98 Å². The van der Waals surface area contributed by atoms with Crippen LogP contribution in [-0.4, -0.2) is 63.4 Å². The highest BCUT2D eigenvalue weighted by Crippen LogP contribution is 2.30. The average Bonchev–Trinajstić information content (AvgIpc) is 2.76. The number of aromatic nitrogens is 2. The monoisotopic (exact) mass is 415 g/mol. The van der Waals surface area contributed by atoms with Gasteiger partial charge in [0.05, 0.1) is 0 Å². The third-order valence-electron chi connectivity index (χ3n) is 6.14. The zero-order valence-corrected chi connectivity index (χ0v) is 17.8. The molecule has 2 aliphatic rings. The molecule has 0 radical (unpaired) electrons. The standard InChI is InChI=1S/C22H33N5O3/c1-3-18(29)11-16-7-4-5-9-19(16)25-21-15(2)12-23-22(26-21)24-17-8-6-10-27(13-17)20(30)14-28/h3,12,16-17,19,28H,1,4-11,13-14H2,2H3,(H2,23,24,25,26)/t16-,17-,19+/m0/s1. The lowest BCUT2D eigenvalue weighted by molar-refractivity contribution is -0.135. The van der Waals surface area contributed by atoms with Crippen LogP contribution in [0.5, 0.6) is 0 Å². The van der Waals surface area contributed by atoms with Gasteiger partial charge in [-0.05, 0) is 44.6 Å². The fourth-order valence-electron chi connectivity index (χ4n) is 4.42. The number of allylic oxidation sites excluding steroid dienone is 1. The van der Waals surface area contributed by atoms with Gasteiger partial charge in [0.2, 0.25) is 11.9 Å². The van der Waals surface area contributed by atoms with Crippen LogP contribution in [0.15, 0.2) is 18.9 Å². The van der Waals surface area contributed by atoms with Crippen molar-refractivity contribution in [1.29, 1.82) is 0 Å². The summed E-state index contributed by atoms with van der Waals surface area (Å²) in [6.45, 7) is 6.32. The van der Waals surface area contributed by atoms with Crippen molar-refractivity contribution < 1.29 is 14.7 Å². The van der Waals surface area contributed by atoms with Gasteiger partial charge < -0.3 is 20.6 Å². The Kier molecular flexibility index (Phi) is 7.79. The molecule has 1 aliphatic heterocycles. The van der Waals surface area contributed by atoms with Crippen molar-refractivity contribution in [1.82, 2.24) is 14.9 Å². The minimum absolute atomic E-state index is 0.0532. The number of carbonyl (C=O) groups is 2. The number of anilines is 2. The number of nitrogens with one attached hydrogen (secondary N) is 2.